The lowest BCUT2D eigenvalue weighted by Gasteiger charge is -2.43. The fourth-order valence-corrected chi connectivity index (χ4v) is 4.03. The minimum Gasteiger partial charge on any atom is -0.394 e. The summed E-state index contributed by atoms with van der Waals surface area (Å²) in [5, 5.41) is 13.0. The third-order valence-corrected chi connectivity index (χ3v) is 5.33. The van der Waals surface area contributed by atoms with Crippen molar-refractivity contribution in [1.29, 1.82) is 0 Å². The Labute approximate surface area is 141 Å². The van der Waals surface area contributed by atoms with Crippen LogP contribution in [0.3, 0.4) is 0 Å². The Hall–Kier alpha value is -1.51. The fraction of sp³-hybridized carbons (Fsp3) is 0.812. The number of likely N-dealkylation sites (tertiary alicyclic amines) is 1. The SMILES string of the molecule is CO[C@@]12CC[C@@H](OCCO)C[C@@H]1N(C(=O)CCn1cncn1)CC2. The van der Waals surface area contributed by atoms with Crippen LogP contribution in [-0.2, 0) is 20.8 Å². The number of carbonyl (C=O) groups excluding carboxylic acids is 1. The number of methoxy groups -OCH3 is 1. The molecule has 2 fully saturated rings. The molecular weight excluding hydrogens is 312 g/mol. The Bertz CT molecular complexity index is 538. The van der Waals surface area contributed by atoms with Crippen molar-refractivity contribution in [1.82, 2.24) is 19.7 Å². The van der Waals surface area contributed by atoms with E-state index in [4.69, 9.17) is 14.6 Å². The lowest BCUT2D eigenvalue weighted by atomic mass is 9.79. The molecule has 0 aromatic carbocycles. The molecule has 8 heteroatoms. The Morgan fingerprint density at radius 2 is 2.33 bits per heavy atom. The van der Waals surface area contributed by atoms with Crippen molar-refractivity contribution in [2.75, 3.05) is 26.9 Å². The normalized spacial score (nSPS) is 29.7. The molecule has 2 aliphatic rings. The average Bonchev–Trinajstić information content (AvgIpc) is 3.25. The largest absolute Gasteiger partial charge is 0.394 e. The Morgan fingerprint density at radius 3 is 3.04 bits per heavy atom. The van der Waals surface area contributed by atoms with Gasteiger partial charge in [0.1, 0.15) is 12.7 Å². The van der Waals surface area contributed by atoms with Gasteiger partial charge in [0.25, 0.3) is 0 Å². The van der Waals surface area contributed by atoms with Crippen LogP contribution in [0, 0.1) is 0 Å². The smallest absolute Gasteiger partial charge is 0.224 e. The Kier molecular flexibility index (Phi) is 5.47. The topological polar surface area (TPSA) is 89.7 Å². The average molecular weight is 338 g/mol. The second kappa shape index (κ2) is 7.58. The highest BCUT2D eigenvalue weighted by molar-refractivity contribution is 5.77. The highest BCUT2D eigenvalue weighted by Crippen LogP contribution is 2.43. The molecule has 1 N–H and O–H groups in total. The van der Waals surface area contributed by atoms with E-state index >= 15 is 0 Å². The summed E-state index contributed by atoms with van der Waals surface area (Å²) in [6.45, 7) is 1.63. The molecule has 1 aromatic heterocycles. The summed E-state index contributed by atoms with van der Waals surface area (Å²) < 4.78 is 13.2. The Morgan fingerprint density at radius 1 is 1.46 bits per heavy atom. The van der Waals surface area contributed by atoms with Crippen molar-refractivity contribution in [2.45, 2.75) is 56.4 Å². The van der Waals surface area contributed by atoms with E-state index in [0.717, 1.165) is 32.2 Å². The van der Waals surface area contributed by atoms with Crippen LogP contribution in [0.1, 0.15) is 32.1 Å². The van der Waals surface area contributed by atoms with E-state index < -0.39 is 0 Å². The molecular formula is C16H26N4O4. The maximum atomic E-state index is 12.7. The number of aryl methyl sites for hydroxylation is 1. The summed E-state index contributed by atoms with van der Waals surface area (Å²) in [6.07, 6.45) is 7.01. The van der Waals surface area contributed by atoms with Gasteiger partial charge < -0.3 is 19.5 Å². The van der Waals surface area contributed by atoms with Gasteiger partial charge >= 0.3 is 0 Å². The summed E-state index contributed by atoms with van der Waals surface area (Å²) in [6, 6.07) is 0.0446. The molecule has 0 radical (unpaired) electrons. The lowest BCUT2D eigenvalue weighted by Crippen LogP contribution is -2.53. The number of nitrogens with zero attached hydrogens (tertiary/aromatic N) is 4. The first kappa shape index (κ1) is 17.3. The van der Waals surface area contributed by atoms with Crippen LogP contribution in [-0.4, -0.2) is 75.3 Å². The zero-order chi connectivity index (χ0) is 17.0. The van der Waals surface area contributed by atoms with Crippen molar-refractivity contribution < 1.29 is 19.4 Å². The second-order valence-electron chi connectivity index (χ2n) is 6.52. The van der Waals surface area contributed by atoms with Gasteiger partial charge in [0.2, 0.25) is 5.91 Å². The van der Waals surface area contributed by atoms with Crippen LogP contribution < -0.4 is 0 Å². The van der Waals surface area contributed by atoms with Crippen LogP contribution in [0.25, 0.3) is 0 Å². The third-order valence-electron chi connectivity index (χ3n) is 5.33. The first-order valence-corrected chi connectivity index (χ1v) is 8.58. The van der Waals surface area contributed by atoms with Gasteiger partial charge in [0.15, 0.2) is 0 Å². The Balaban J connectivity index is 1.63. The van der Waals surface area contributed by atoms with Gasteiger partial charge in [-0.1, -0.05) is 0 Å². The maximum Gasteiger partial charge on any atom is 0.224 e. The molecule has 1 aliphatic carbocycles. The van der Waals surface area contributed by atoms with Gasteiger partial charge in [-0.25, -0.2) is 4.98 Å². The van der Waals surface area contributed by atoms with E-state index in [1.807, 2.05) is 4.90 Å². The molecule has 1 saturated heterocycles. The fourth-order valence-electron chi connectivity index (χ4n) is 4.03. The first-order chi connectivity index (χ1) is 11.7. The summed E-state index contributed by atoms with van der Waals surface area (Å²) in [5.74, 6) is 0.122. The monoisotopic (exact) mass is 338 g/mol. The number of rotatable bonds is 7. The second-order valence-corrected chi connectivity index (χ2v) is 6.52. The van der Waals surface area contributed by atoms with Crippen LogP contribution >= 0.6 is 0 Å². The predicted molar refractivity (Wildman–Crippen MR) is 85.2 cm³/mol. The predicted octanol–water partition coefficient (Wildman–Crippen LogP) is 0.216. The minimum atomic E-state index is -0.248. The number of ether oxygens (including phenoxy) is 2. The highest BCUT2D eigenvalue weighted by Gasteiger charge is 2.52. The van der Waals surface area contributed by atoms with E-state index in [2.05, 4.69) is 10.1 Å². The van der Waals surface area contributed by atoms with Crippen molar-refractivity contribution in [2.24, 2.45) is 0 Å². The molecule has 1 saturated carbocycles. The zero-order valence-electron chi connectivity index (χ0n) is 14.1. The minimum absolute atomic E-state index is 0.0249. The molecule has 1 aliphatic heterocycles. The van der Waals surface area contributed by atoms with Crippen LogP contribution in [0.2, 0.25) is 0 Å². The molecule has 0 spiro atoms. The number of fused-ring (bicyclic) bond motifs is 1. The number of hydrogen-bond acceptors (Lipinski definition) is 6. The third kappa shape index (κ3) is 3.45. The van der Waals surface area contributed by atoms with E-state index in [1.54, 1.807) is 18.1 Å². The van der Waals surface area contributed by atoms with Crippen molar-refractivity contribution in [3.05, 3.63) is 12.7 Å². The number of aliphatic hydroxyl groups excluding tert-OH is 1. The van der Waals surface area contributed by atoms with Gasteiger partial charge in [-0.2, -0.15) is 5.10 Å². The van der Waals surface area contributed by atoms with E-state index in [9.17, 15) is 4.79 Å². The quantitative estimate of drug-likeness (QED) is 0.765. The first-order valence-electron chi connectivity index (χ1n) is 8.58. The summed E-state index contributed by atoms with van der Waals surface area (Å²) >= 11 is 0. The van der Waals surface area contributed by atoms with Crippen molar-refractivity contribution >= 4 is 5.91 Å². The van der Waals surface area contributed by atoms with Crippen LogP contribution in [0.4, 0.5) is 0 Å². The molecule has 24 heavy (non-hydrogen) atoms. The number of amides is 1. The summed E-state index contributed by atoms with van der Waals surface area (Å²) in [5.41, 5.74) is -0.248. The molecule has 1 amide bonds. The molecule has 2 heterocycles. The molecule has 1 aromatic rings. The van der Waals surface area contributed by atoms with Crippen LogP contribution in [0.5, 0.6) is 0 Å². The van der Waals surface area contributed by atoms with Gasteiger partial charge in [-0.15, -0.1) is 0 Å². The summed E-state index contributed by atoms with van der Waals surface area (Å²) in [7, 11) is 1.74. The molecule has 0 unspecified atom stereocenters. The van der Waals surface area contributed by atoms with E-state index in [0.29, 0.717) is 19.6 Å². The summed E-state index contributed by atoms with van der Waals surface area (Å²) in [4.78, 5) is 18.6. The molecule has 8 nitrogen and oxygen atoms in total. The zero-order valence-corrected chi connectivity index (χ0v) is 14.1. The molecule has 0 bridgehead atoms. The number of aliphatic hydroxyl groups is 1. The molecule has 3 atom stereocenters. The standard InChI is InChI=1S/C16H26N4O4/c1-23-16-4-2-13(24-9-8-21)10-14(16)20(7-5-16)15(22)3-6-19-12-17-11-18-19/h11-14,21H,2-10H2,1H3/t13-,14+,16-/m1/s1. The van der Waals surface area contributed by atoms with Gasteiger partial charge in [-0.3, -0.25) is 9.48 Å². The van der Waals surface area contributed by atoms with Crippen molar-refractivity contribution in [3.8, 4) is 0 Å². The number of carbonyl (C=O) groups is 1. The molecule has 3 rings (SSSR count). The van der Waals surface area contributed by atoms with Gasteiger partial charge in [0.05, 0.1) is 37.5 Å². The van der Waals surface area contributed by atoms with E-state index in [-0.39, 0.29) is 30.3 Å². The van der Waals surface area contributed by atoms with Crippen LogP contribution in [0.15, 0.2) is 12.7 Å². The maximum absolute atomic E-state index is 12.7. The van der Waals surface area contributed by atoms with Gasteiger partial charge in [-0.05, 0) is 25.7 Å². The van der Waals surface area contributed by atoms with Crippen molar-refractivity contribution in [3.63, 3.8) is 0 Å². The number of hydrogen-bond donors (Lipinski definition) is 1. The molecule has 134 valence electrons. The number of aromatic nitrogens is 3. The van der Waals surface area contributed by atoms with E-state index in [1.165, 1.54) is 6.33 Å². The lowest BCUT2D eigenvalue weighted by molar-refractivity contribution is -0.142. The van der Waals surface area contributed by atoms with Gasteiger partial charge in [0, 0.05) is 20.1 Å². The highest BCUT2D eigenvalue weighted by atomic mass is 16.5.